The van der Waals surface area contributed by atoms with E-state index in [1.165, 1.54) is 12.1 Å². The first-order valence-corrected chi connectivity index (χ1v) is 12.3. The van der Waals surface area contributed by atoms with Crippen LogP contribution in [-0.4, -0.2) is 57.0 Å². The van der Waals surface area contributed by atoms with Crippen LogP contribution in [0.5, 0.6) is 0 Å². The van der Waals surface area contributed by atoms with Gasteiger partial charge in [-0.1, -0.05) is 12.1 Å². The van der Waals surface area contributed by atoms with E-state index in [9.17, 15) is 26.6 Å². The van der Waals surface area contributed by atoms with E-state index in [0.29, 0.717) is 36.2 Å². The highest BCUT2D eigenvalue weighted by molar-refractivity contribution is 8.00. The molecule has 0 bridgehead atoms. The van der Waals surface area contributed by atoms with Gasteiger partial charge in [-0.25, -0.2) is 4.39 Å². The van der Waals surface area contributed by atoms with Crippen LogP contribution in [0.25, 0.3) is 0 Å². The number of hydrogen-bond acceptors (Lipinski definition) is 5. The molecule has 32 heavy (non-hydrogen) atoms. The van der Waals surface area contributed by atoms with Crippen molar-refractivity contribution in [2.24, 2.45) is 5.92 Å². The van der Waals surface area contributed by atoms with E-state index in [1.54, 1.807) is 21.9 Å². The summed E-state index contributed by atoms with van der Waals surface area (Å²) in [5.74, 6) is 3.69. The number of amides is 1. The van der Waals surface area contributed by atoms with E-state index in [-0.39, 0.29) is 37.5 Å². The van der Waals surface area contributed by atoms with Crippen LogP contribution in [0.4, 0.5) is 23.6 Å². The number of oxazole rings is 1. The Morgan fingerprint density at radius 3 is 2.41 bits per heavy atom. The van der Waals surface area contributed by atoms with Gasteiger partial charge in [0.05, 0.1) is 6.04 Å². The molecule has 0 N–H and O–H groups in total. The van der Waals surface area contributed by atoms with E-state index in [0.717, 1.165) is 0 Å². The van der Waals surface area contributed by atoms with Crippen molar-refractivity contribution in [2.75, 3.05) is 36.0 Å². The van der Waals surface area contributed by atoms with Crippen molar-refractivity contribution >= 4 is 27.3 Å². The number of carbonyl (C=O) groups is 1. The minimum atomic E-state index is -4.62. The summed E-state index contributed by atoms with van der Waals surface area (Å²) in [7, 11) is -2.14. The number of alkyl halides is 3. The second-order valence-electron chi connectivity index (χ2n) is 8.21. The zero-order valence-electron chi connectivity index (χ0n) is 17.2. The largest absolute Gasteiger partial charge is 0.436 e. The number of aromatic nitrogens is 1. The van der Waals surface area contributed by atoms with Gasteiger partial charge in [-0.05, 0) is 45.9 Å². The lowest BCUT2D eigenvalue weighted by atomic mass is 9.96. The summed E-state index contributed by atoms with van der Waals surface area (Å²) in [4.78, 5) is 20.1. The maximum atomic E-state index is 13.5. The molecule has 4 rings (SSSR count). The molecular weight excluding hydrogens is 450 g/mol. The summed E-state index contributed by atoms with van der Waals surface area (Å²) in [6.45, 7) is 0.620. The SMILES string of the molecule is C=S1(=O)CCC(C(=O)N2CCN(c3nc(C(F)(F)F)co3)CC2c2ccc(F)cc2)CC1. The number of anilines is 1. The van der Waals surface area contributed by atoms with Gasteiger partial charge in [0.15, 0.2) is 5.69 Å². The van der Waals surface area contributed by atoms with Gasteiger partial charge < -0.3 is 14.2 Å². The Balaban J connectivity index is 1.58. The molecule has 6 nitrogen and oxygen atoms in total. The maximum Gasteiger partial charge on any atom is 0.436 e. The smallest absolute Gasteiger partial charge is 0.431 e. The van der Waals surface area contributed by atoms with E-state index < -0.39 is 33.3 Å². The van der Waals surface area contributed by atoms with Crippen molar-refractivity contribution in [3.63, 3.8) is 0 Å². The lowest BCUT2D eigenvalue weighted by molar-refractivity contribution is -0.141. The average molecular weight is 473 g/mol. The maximum absolute atomic E-state index is 13.5. The Morgan fingerprint density at radius 2 is 1.81 bits per heavy atom. The van der Waals surface area contributed by atoms with E-state index in [4.69, 9.17) is 4.42 Å². The summed E-state index contributed by atoms with van der Waals surface area (Å²) < 4.78 is 69.5. The van der Waals surface area contributed by atoms with Gasteiger partial charge in [0.2, 0.25) is 5.91 Å². The molecule has 11 heteroatoms. The van der Waals surface area contributed by atoms with Crippen molar-refractivity contribution < 1.29 is 31.0 Å². The molecular formula is C21H23F4N3O3S. The number of benzene rings is 1. The highest BCUT2D eigenvalue weighted by Crippen LogP contribution is 2.34. The highest BCUT2D eigenvalue weighted by atomic mass is 32.2. The fourth-order valence-electron chi connectivity index (χ4n) is 4.17. The van der Waals surface area contributed by atoms with Crippen LogP contribution in [0, 0.1) is 11.7 Å². The van der Waals surface area contributed by atoms with Crippen LogP contribution in [0.2, 0.25) is 0 Å². The first-order valence-electron chi connectivity index (χ1n) is 10.2. The highest BCUT2D eigenvalue weighted by Gasteiger charge is 2.39. The molecule has 0 saturated carbocycles. The first kappa shape index (κ1) is 22.6. The second kappa shape index (κ2) is 8.42. The van der Waals surface area contributed by atoms with Crippen LogP contribution < -0.4 is 4.90 Å². The van der Waals surface area contributed by atoms with Crippen LogP contribution in [0.1, 0.15) is 30.1 Å². The average Bonchev–Trinajstić information content (AvgIpc) is 3.24. The van der Waals surface area contributed by atoms with Gasteiger partial charge in [-0.3, -0.25) is 9.00 Å². The van der Waals surface area contributed by atoms with Crippen LogP contribution in [0.15, 0.2) is 34.9 Å². The van der Waals surface area contributed by atoms with Crippen molar-refractivity contribution in [2.45, 2.75) is 25.1 Å². The topological polar surface area (TPSA) is 66.7 Å². The molecule has 3 heterocycles. The molecule has 0 spiro atoms. The van der Waals surface area contributed by atoms with E-state index in [1.807, 2.05) is 0 Å². The number of nitrogens with zero attached hydrogens (tertiary/aromatic N) is 3. The third-order valence-corrected chi connectivity index (χ3v) is 7.96. The van der Waals surface area contributed by atoms with Crippen molar-refractivity contribution in [1.29, 1.82) is 0 Å². The molecule has 1 atom stereocenters. The first-order chi connectivity index (χ1) is 15.0. The summed E-state index contributed by atoms with van der Waals surface area (Å²) in [5.41, 5.74) is -0.466. The molecule has 1 amide bonds. The zero-order valence-corrected chi connectivity index (χ0v) is 18.0. The molecule has 1 aromatic carbocycles. The standard InChI is InChI=1S/C21H23F4N3O3S/c1-32(30)10-6-15(7-11-32)19(29)28-9-8-27(20-26-18(13-31-20)21(23,24)25)12-17(28)14-2-4-16(22)5-3-14/h2-5,13,15,17H,1,6-12H2. The summed E-state index contributed by atoms with van der Waals surface area (Å²) >= 11 is 0. The van der Waals surface area contributed by atoms with Crippen molar-refractivity contribution in [3.8, 4) is 0 Å². The third-order valence-electron chi connectivity index (χ3n) is 6.00. The van der Waals surface area contributed by atoms with E-state index >= 15 is 0 Å². The Hall–Kier alpha value is -2.56. The van der Waals surface area contributed by atoms with Gasteiger partial charge in [-0.2, -0.15) is 18.2 Å². The normalized spacial score (nSPS) is 26.9. The lowest BCUT2D eigenvalue weighted by Crippen LogP contribution is -2.53. The van der Waals surface area contributed by atoms with Crippen molar-refractivity contribution in [1.82, 2.24) is 9.88 Å². The summed E-state index contributed by atoms with van der Waals surface area (Å²) in [5, 5.41) is 0. The second-order valence-corrected chi connectivity index (χ2v) is 11.0. The van der Waals surface area contributed by atoms with Crippen LogP contribution in [-0.2, 0) is 20.5 Å². The predicted octanol–water partition coefficient (Wildman–Crippen LogP) is 3.35. The van der Waals surface area contributed by atoms with E-state index in [2.05, 4.69) is 10.9 Å². The number of halogens is 4. The summed E-state index contributed by atoms with van der Waals surface area (Å²) in [6.07, 6.45) is -3.10. The Morgan fingerprint density at radius 1 is 1.16 bits per heavy atom. The molecule has 0 radical (unpaired) electrons. The fourth-order valence-corrected chi connectivity index (χ4v) is 5.80. The van der Waals surface area contributed by atoms with Crippen molar-refractivity contribution in [3.05, 3.63) is 47.6 Å². The van der Waals surface area contributed by atoms with Gasteiger partial charge in [0, 0.05) is 37.1 Å². The molecule has 174 valence electrons. The van der Waals surface area contributed by atoms with Crippen LogP contribution in [0.3, 0.4) is 0 Å². The molecule has 1 unspecified atom stereocenters. The minimum Gasteiger partial charge on any atom is -0.431 e. The van der Waals surface area contributed by atoms with Gasteiger partial charge in [-0.15, -0.1) is 0 Å². The van der Waals surface area contributed by atoms with Gasteiger partial charge in [0.1, 0.15) is 12.1 Å². The third kappa shape index (κ3) is 4.77. The summed E-state index contributed by atoms with van der Waals surface area (Å²) in [6, 6.07) is 4.98. The Kier molecular flexibility index (Phi) is 5.95. The molecule has 2 aromatic rings. The predicted molar refractivity (Wildman–Crippen MR) is 112 cm³/mol. The number of hydrogen-bond donors (Lipinski definition) is 0. The fraction of sp³-hybridized carbons (Fsp3) is 0.476. The number of rotatable bonds is 3. The van der Waals surface area contributed by atoms with Gasteiger partial charge in [0.25, 0.3) is 6.01 Å². The number of piperazine rings is 1. The lowest BCUT2D eigenvalue weighted by Gasteiger charge is -2.43. The van der Waals surface area contributed by atoms with Gasteiger partial charge >= 0.3 is 6.18 Å². The molecule has 2 aliphatic heterocycles. The molecule has 1 aromatic heterocycles. The number of carbonyl (C=O) groups excluding carboxylic acids is 1. The Bertz CT molecular complexity index is 1070. The monoisotopic (exact) mass is 473 g/mol. The Labute approximate surface area is 183 Å². The minimum absolute atomic E-state index is 0.0998. The quantitative estimate of drug-likeness (QED) is 0.505. The molecule has 0 aliphatic carbocycles. The molecule has 2 aliphatic rings. The van der Waals surface area contributed by atoms with Crippen LogP contribution >= 0.6 is 0 Å². The molecule has 2 saturated heterocycles. The zero-order chi connectivity index (χ0) is 23.1. The molecule has 2 fully saturated rings.